The van der Waals surface area contributed by atoms with Gasteiger partial charge in [-0.3, -0.25) is 9.59 Å². The Bertz CT molecular complexity index is 517. The van der Waals surface area contributed by atoms with Gasteiger partial charge >= 0.3 is 24.0 Å². The zero-order chi connectivity index (χ0) is 24.0. The van der Waals surface area contributed by atoms with Gasteiger partial charge < -0.3 is 9.47 Å². The number of carbonyl (C=O) groups excluding carboxylic acids is 2. The second-order valence-electron chi connectivity index (χ2n) is 7.89. The Morgan fingerprint density at radius 2 is 1.06 bits per heavy atom. The highest BCUT2D eigenvalue weighted by atomic mass is 19.4. The van der Waals surface area contributed by atoms with Crippen molar-refractivity contribution >= 4 is 11.9 Å². The molecule has 0 aliphatic carbocycles. The molecule has 0 saturated heterocycles. The van der Waals surface area contributed by atoms with Gasteiger partial charge in [-0.1, -0.05) is 78.6 Å². The summed E-state index contributed by atoms with van der Waals surface area (Å²) in [5, 5.41) is 0. The van der Waals surface area contributed by atoms with E-state index in [9.17, 15) is 31.5 Å². The highest BCUT2D eigenvalue weighted by molar-refractivity contribution is 6.00. The maximum atomic E-state index is 13.0. The van der Waals surface area contributed by atoms with Gasteiger partial charge in [0.2, 0.25) is 0 Å². The van der Waals surface area contributed by atoms with Gasteiger partial charge in [0.1, 0.15) is 0 Å². The molecule has 0 aliphatic heterocycles. The Balaban J connectivity index is 4.37. The largest absolute Gasteiger partial charge is 0.465 e. The zero-order valence-corrected chi connectivity index (χ0v) is 18.9. The molecule has 0 spiro atoms. The van der Waals surface area contributed by atoms with Gasteiger partial charge in [-0.25, -0.2) is 0 Å². The van der Waals surface area contributed by atoms with E-state index in [1.54, 1.807) is 0 Å². The van der Waals surface area contributed by atoms with E-state index in [1.165, 1.54) is 46.0 Å². The Morgan fingerprint density at radius 1 is 0.645 bits per heavy atom. The van der Waals surface area contributed by atoms with Crippen LogP contribution in [-0.2, 0) is 19.1 Å². The van der Waals surface area contributed by atoms with Crippen molar-refractivity contribution in [1.82, 2.24) is 0 Å². The van der Waals surface area contributed by atoms with Gasteiger partial charge in [-0.15, -0.1) is 0 Å². The summed E-state index contributed by atoms with van der Waals surface area (Å²) in [6.45, 7) is 2.97. The lowest BCUT2D eigenvalue weighted by molar-refractivity contribution is -0.295. The molecule has 0 fully saturated rings. The molecule has 31 heavy (non-hydrogen) atoms. The minimum Gasteiger partial charge on any atom is -0.465 e. The van der Waals surface area contributed by atoms with Gasteiger partial charge in [-0.2, -0.15) is 22.0 Å². The normalized spacial score (nSPS) is 12.6. The number of carbonyl (C=O) groups is 2. The van der Waals surface area contributed by atoms with Crippen molar-refractivity contribution in [2.75, 3.05) is 13.2 Å². The second-order valence-corrected chi connectivity index (χ2v) is 7.89. The number of unbranched alkanes of at least 4 members (excludes halogenated alkanes) is 9. The summed E-state index contributed by atoms with van der Waals surface area (Å²) >= 11 is 0. The predicted molar refractivity (Wildman–Crippen MR) is 108 cm³/mol. The Morgan fingerprint density at radius 3 is 1.48 bits per heavy atom. The molecule has 0 radical (unpaired) electrons. The van der Waals surface area contributed by atoms with Crippen molar-refractivity contribution < 1.29 is 41.0 Å². The Labute approximate surface area is 182 Å². The van der Waals surface area contributed by atoms with Crippen LogP contribution < -0.4 is 0 Å². The van der Waals surface area contributed by atoms with Crippen molar-refractivity contribution in [1.29, 1.82) is 0 Å². The van der Waals surface area contributed by atoms with Crippen molar-refractivity contribution in [2.45, 2.75) is 110 Å². The lowest BCUT2D eigenvalue weighted by atomic mass is 9.82. The summed E-state index contributed by atoms with van der Waals surface area (Å²) in [6.07, 6.45) is 4.77. The molecule has 0 bridgehead atoms. The maximum absolute atomic E-state index is 13.0. The van der Waals surface area contributed by atoms with Crippen molar-refractivity contribution in [3.8, 4) is 0 Å². The molecule has 0 amide bonds. The van der Waals surface area contributed by atoms with Crippen LogP contribution in [-0.4, -0.2) is 37.3 Å². The average molecular weight is 461 g/mol. The van der Waals surface area contributed by atoms with Gasteiger partial charge in [-0.05, 0) is 19.3 Å². The van der Waals surface area contributed by atoms with Crippen LogP contribution in [0.3, 0.4) is 0 Å². The quantitative estimate of drug-likeness (QED) is 0.102. The molecule has 0 rings (SSSR count). The van der Waals surface area contributed by atoms with E-state index in [2.05, 4.69) is 11.7 Å². The average Bonchev–Trinajstić information content (AvgIpc) is 2.71. The van der Waals surface area contributed by atoms with Crippen molar-refractivity contribution in [3.05, 3.63) is 0 Å². The van der Waals surface area contributed by atoms with Crippen LogP contribution in [0.1, 0.15) is 97.8 Å². The van der Waals surface area contributed by atoms with Crippen LogP contribution in [0.5, 0.6) is 0 Å². The monoisotopic (exact) mass is 460 g/mol. The number of hydrogen-bond donors (Lipinski definition) is 0. The van der Waals surface area contributed by atoms with Crippen molar-refractivity contribution in [2.24, 2.45) is 5.41 Å². The molecule has 0 unspecified atom stereocenters. The minimum absolute atomic E-state index is 0.0586. The molecule has 0 N–H and O–H groups in total. The number of ether oxygens (including phenoxy) is 2. The molecular weight excluding hydrogens is 423 g/mol. The summed E-state index contributed by atoms with van der Waals surface area (Å²) < 4.78 is 72.1. The van der Waals surface area contributed by atoms with E-state index in [4.69, 9.17) is 4.74 Å². The summed E-state index contributed by atoms with van der Waals surface area (Å²) in [5.41, 5.74) is -1.89. The molecule has 184 valence electrons. The fraction of sp³-hybridized carbons (Fsp3) is 0.909. The van der Waals surface area contributed by atoms with Crippen LogP contribution in [0, 0.1) is 5.41 Å². The summed E-state index contributed by atoms with van der Waals surface area (Å²) in [6, 6.07) is 0. The summed E-state index contributed by atoms with van der Waals surface area (Å²) in [4.78, 5) is 24.6. The molecule has 0 saturated carbocycles. The molecule has 0 atom stereocenters. The number of hydrogen-bond acceptors (Lipinski definition) is 4. The third-order valence-electron chi connectivity index (χ3n) is 5.52. The van der Waals surface area contributed by atoms with Crippen molar-refractivity contribution in [3.63, 3.8) is 0 Å². The molecule has 9 heteroatoms. The maximum Gasteiger partial charge on any atom is 0.456 e. The predicted octanol–water partition coefficient (Wildman–Crippen LogP) is 7.00. The highest BCUT2D eigenvalue weighted by Crippen LogP contribution is 2.37. The first-order chi connectivity index (χ1) is 14.5. The molecule has 0 aromatic carbocycles. The van der Waals surface area contributed by atoms with E-state index >= 15 is 0 Å². The first-order valence-corrected chi connectivity index (χ1v) is 11.3. The van der Waals surface area contributed by atoms with Crippen LogP contribution in [0.15, 0.2) is 0 Å². The van der Waals surface area contributed by atoms with E-state index in [0.29, 0.717) is 6.42 Å². The van der Waals surface area contributed by atoms with Gasteiger partial charge in [0.05, 0.1) is 6.61 Å². The number of alkyl halides is 5. The summed E-state index contributed by atoms with van der Waals surface area (Å²) in [7, 11) is 0. The first-order valence-electron chi connectivity index (χ1n) is 11.3. The fourth-order valence-electron chi connectivity index (χ4n) is 3.18. The number of halogens is 5. The van der Waals surface area contributed by atoms with E-state index in [0.717, 1.165) is 25.7 Å². The Hall–Kier alpha value is -1.41. The third-order valence-corrected chi connectivity index (χ3v) is 5.52. The van der Waals surface area contributed by atoms with Gasteiger partial charge in [0.15, 0.2) is 12.0 Å². The Kier molecular flexibility index (Phi) is 13.9. The molecule has 0 heterocycles. The zero-order valence-electron chi connectivity index (χ0n) is 18.9. The van der Waals surface area contributed by atoms with Gasteiger partial charge in [0, 0.05) is 0 Å². The number of rotatable bonds is 17. The molecule has 0 aromatic heterocycles. The van der Waals surface area contributed by atoms with Crippen LogP contribution in [0.4, 0.5) is 22.0 Å². The SMILES string of the molecule is CCCCCCCCCCCCOC(=O)C(CC)(CC)C(=O)OCC(F)(F)C(F)(F)F. The van der Waals surface area contributed by atoms with Crippen LogP contribution >= 0.6 is 0 Å². The second kappa shape index (κ2) is 14.6. The van der Waals surface area contributed by atoms with E-state index in [1.807, 2.05) is 0 Å². The topological polar surface area (TPSA) is 52.6 Å². The standard InChI is InChI=1S/C22H37F5O4/c1-4-7-8-9-10-11-12-13-14-15-16-30-18(28)20(5-2,6-3)19(29)31-17-21(23,24)22(25,26)27/h4-17H2,1-3H3. The molecular formula is C22H37F5O4. The lowest BCUT2D eigenvalue weighted by Crippen LogP contribution is -2.46. The van der Waals surface area contributed by atoms with Crippen LogP contribution in [0.2, 0.25) is 0 Å². The first kappa shape index (κ1) is 29.6. The van der Waals surface area contributed by atoms with Gasteiger partial charge in [0.25, 0.3) is 0 Å². The van der Waals surface area contributed by atoms with Crippen LogP contribution in [0.25, 0.3) is 0 Å². The summed E-state index contributed by atoms with van der Waals surface area (Å²) in [5.74, 6) is -7.56. The lowest BCUT2D eigenvalue weighted by Gasteiger charge is -2.28. The molecule has 0 aliphatic rings. The molecule has 4 nitrogen and oxygen atoms in total. The third kappa shape index (κ3) is 10.2. The van der Waals surface area contributed by atoms with E-state index < -0.39 is 36.1 Å². The highest BCUT2D eigenvalue weighted by Gasteiger charge is 2.59. The van der Waals surface area contributed by atoms with E-state index in [-0.39, 0.29) is 19.4 Å². The minimum atomic E-state index is -5.84. The fourth-order valence-corrected chi connectivity index (χ4v) is 3.18. The smallest absolute Gasteiger partial charge is 0.456 e. The number of esters is 2. The molecule has 0 aromatic rings.